The third-order valence-electron chi connectivity index (χ3n) is 3.11. The summed E-state index contributed by atoms with van der Waals surface area (Å²) in [7, 11) is 0. The van der Waals surface area contributed by atoms with Crippen LogP contribution >= 0.6 is 11.3 Å². The minimum Gasteiger partial charge on any atom is -0.477 e. The van der Waals surface area contributed by atoms with Gasteiger partial charge >= 0.3 is 18.2 Å². The van der Waals surface area contributed by atoms with Crippen LogP contribution in [-0.4, -0.2) is 39.6 Å². The summed E-state index contributed by atoms with van der Waals surface area (Å²) in [5.41, 5.74) is -2.90. The van der Waals surface area contributed by atoms with Crippen molar-refractivity contribution in [1.82, 2.24) is 10.2 Å². The van der Waals surface area contributed by atoms with Gasteiger partial charge in [0.2, 0.25) is 5.54 Å². The van der Waals surface area contributed by atoms with Gasteiger partial charge < -0.3 is 10.4 Å². The Kier molecular flexibility index (Phi) is 3.44. The number of hydrogen-bond acceptors (Lipinski definition) is 4. The van der Waals surface area contributed by atoms with Crippen molar-refractivity contribution in [1.29, 1.82) is 0 Å². The van der Waals surface area contributed by atoms with Crippen LogP contribution in [-0.2, 0) is 11.3 Å². The van der Waals surface area contributed by atoms with Gasteiger partial charge in [-0.1, -0.05) is 0 Å². The van der Waals surface area contributed by atoms with Crippen molar-refractivity contribution >= 4 is 29.2 Å². The number of alkyl halides is 3. The number of carboxylic acids is 1. The molecule has 0 bridgehead atoms. The van der Waals surface area contributed by atoms with E-state index in [0.29, 0.717) is 11.8 Å². The summed E-state index contributed by atoms with van der Waals surface area (Å²) in [4.78, 5) is 34.6. The summed E-state index contributed by atoms with van der Waals surface area (Å²) >= 11 is 0.857. The van der Waals surface area contributed by atoms with Crippen molar-refractivity contribution in [3.63, 3.8) is 0 Å². The number of carboxylic acid groups (broad SMARTS) is 1. The molecule has 0 aromatic carbocycles. The highest BCUT2D eigenvalue weighted by molar-refractivity contribution is 7.12. The first kappa shape index (κ1) is 15.3. The van der Waals surface area contributed by atoms with E-state index in [0.717, 1.165) is 11.3 Å². The average Bonchev–Trinajstić information content (AvgIpc) is 2.88. The number of rotatable bonds is 3. The number of imide groups is 1. The second-order valence-electron chi connectivity index (χ2n) is 4.52. The quantitative estimate of drug-likeness (QED) is 0.831. The molecule has 1 aromatic rings. The van der Waals surface area contributed by atoms with Crippen LogP contribution in [0, 0.1) is 0 Å². The smallest absolute Gasteiger partial charge is 0.420 e. The van der Waals surface area contributed by atoms with Crippen LogP contribution in [0.1, 0.15) is 22.2 Å². The topological polar surface area (TPSA) is 86.7 Å². The fourth-order valence-corrected chi connectivity index (χ4v) is 2.60. The number of nitrogens with one attached hydrogen (secondary N) is 1. The summed E-state index contributed by atoms with van der Waals surface area (Å²) in [5.74, 6) is -2.73. The van der Waals surface area contributed by atoms with Crippen LogP contribution in [0.25, 0.3) is 0 Å². The molecule has 114 valence electrons. The van der Waals surface area contributed by atoms with E-state index in [1.54, 1.807) is 5.32 Å². The molecule has 1 atom stereocenters. The number of amides is 3. The van der Waals surface area contributed by atoms with Crippen molar-refractivity contribution in [2.75, 3.05) is 0 Å². The molecule has 0 aliphatic carbocycles. The Bertz CT molecular complexity index is 627. The third kappa shape index (κ3) is 2.35. The van der Waals surface area contributed by atoms with Crippen molar-refractivity contribution in [3.05, 3.63) is 21.9 Å². The number of thiophene rings is 1. The first-order valence-corrected chi connectivity index (χ1v) is 6.46. The number of aromatic carboxylic acids is 1. The van der Waals surface area contributed by atoms with Gasteiger partial charge in [0.05, 0.1) is 6.54 Å². The molecule has 10 heteroatoms. The minimum atomic E-state index is -4.95. The van der Waals surface area contributed by atoms with Gasteiger partial charge in [0, 0.05) is 0 Å². The van der Waals surface area contributed by atoms with E-state index in [2.05, 4.69) is 0 Å². The lowest BCUT2D eigenvalue weighted by atomic mass is 10.0. The van der Waals surface area contributed by atoms with E-state index < -0.39 is 36.2 Å². The summed E-state index contributed by atoms with van der Waals surface area (Å²) in [5, 5.41) is 11.9. The van der Waals surface area contributed by atoms with E-state index in [1.165, 1.54) is 11.4 Å². The van der Waals surface area contributed by atoms with Crippen LogP contribution in [0.3, 0.4) is 0 Å². The van der Waals surface area contributed by atoms with E-state index in [9.17, 15) is 27.6 Å². The first-order chi connectivity index (χ1) is 9.58. The Morgan fingerprint density at radius 2 is 2.10 bits per heavy atom. The monoisotopic (exact) mass is 322 g/mol. The largest absolute Gasteiger partial charge is 0.477 e. The second-order valence-corrected chi connectivity index (χ2v) is 5.44. The van der Waals surface area contributed by atoms with Crippen molar-refractivity contribution in [2.24, 2.45) is 0 Å². The molecule has 0 spiro atoms. The maximum absolute atomic E-state index is 12.9. The molecular weight excluding hydrogens is 313 g/mol. The van der Waals surface area contributed by atoms with Gasteiger partial charge in [0.15, 0.2) is 0 Å². The lowest BCUT2D eigenvalue weighted by molar-refractivity contribution is -0.191. The number of carbonyl (C=O) groups is 3. The number of halogens is 3. The summed E-state index contributed by atoms with van der Waals surface area (Å²) in [6, 6.07) is 0.139. The normalized spacial score (nSPS) is 22.6. The van der Waals surface area contributed by atoms with Crippen LogP contribution in [0.15, 0.2) is 11.4 Å². The molecule has 3 amide bonds. The van der Waals surface area contributed by atoms with Crippen LogP contribution < -0.4 is 5.32 Å². The minimum absolute atomic E-state index is 0.0995. The number of hydrogen-bond donors (Lipinski definition) is 2. The lowest BCUT2D eigenvalue weighted by Gasteiger charge is -2.24. The molecule has 1 aliphatic heterocycles. The average molecular weight is 322 g/mol. The Labute approximate surface area is 120 Å². The second kappa shape index (κ2) is 4.72. The molecule has 1 unspecified atom stereocenters. The molecular formula is C11H9F3N2O4S. The van der Waals surface area contributed by atoms with E-state index >= 15 is 0 Å². The van der Waals surface area contributed by atoms with E-state index in [4.69, 9.17) is 5.11 Å². The van der Waals surface area contributed by atoms with E-state index in [-0.39, 0.29) is 10.4 Å². The number of urea groups is 1. The Hall–Kier alpha value is -2.10. The summed E-state index contributed by atoms with van der Waals surface area (Å²) < 4.78 is 38.6. The lowest BCUT2D eigenvalue weighted by Crippen LogP contribution is -2.56. The van der Waals surface area contributed by atoms with Crippen LogP contribution in [0.2, 0.25) is 0 Å². The summed E-state index contributed by atoms with van der Waals surface area (Å²) in [6.07, 6.45) is -4.95. The molecule has 2 heterocycles. The predicted octanol–water partition coefficient (Wildman–Crippen LogP) is 1.82. The zero-order valence-corrected chi connectivity index (χ0v) is 11.3. The van der Waals surface area contributed by atoms with Gasteiger partial charge in [-0.2, -0.15) is 13.2 Å². The van der Waals surface area contributed by atoms with Crippen molar-refractivity contribution in [3.8, 4) is 0 Å². The van der Waals surface area contributed by atoms with E-state index in [1.807, 2.05) is 0 Å². The SMILES string of the molecule is CC1(C(F)(F)F)NC(=O)N(Cc2ccsc2C(=O)O)C1=O. The molecule has 6 nitrogen and oxygen atoms in total. The third-order valence-corrected chi connectivity index (χ3v) is 4.06. The van der Waals surface area contributed by atoms with Crippen LogP contribution in [0.4, 0.5) is 18.0 Å². The van der Waals surface area contributed by atoms with Gasteiger partial charge in [0.25, 0.3) is 5.91 Å². The van der Waals surface area contributed by atoms with Crippen LogP contribution in [0.5, 0.6) is 0 Å². The van der Waals surface area contributed by atoms with Gasteiger partial charge in [-0.3, -0.25) is 9.69 Å². The zero-order chi connectivity index (χ0) is 16.0. The van der Waals surface area contributed by atoms with Gasteiger partial charge in [-0.15, -0.1) is 11.3 Å². The van der Waals surface area contributed by atoms with Gasteiger partial charge in [-0.25, -0.2) is 9.59 Å². The molecule has 1 fully saturated rings. The highest BCUT2D eigenvalue weighted by Crippen LogP contribution is 2.36. The summed E-state index contributed by atoms with van der Waals surface area (Å²) in [6.45, 7) is 0.0421. The molecule has 0 radical (unpaired) electrons. The zero-order valence-electron chi connectivity index (χ0n) is 10.5. The fourth-order valence-electron chi connectivity index (χ4n) is 1.85. The van der Waals surface area contributed by atoms with Gasteiger partial charge in [0.1, 0.15) is 4.88 Å². The molecule has 2 N–H and O–H groups in total. The highest BCUT2D eigenvalue weighted by atomic mass is 32.1. The van der Waals surface area contributed by atoms with Gasteiger partial charge in [-0.05, 0) is 23.9 Å². The number of nitrogens with zero attached hydrogens (tertiary/aromatic N) is 1. The van der Waals surface area contributed by atoms with Crippen molar-refractivity contribution in [2.45, 2.75) is 25.2 Å². The molecule has 1 aromatic heterocycles. The Balaban J connectivity index is 2.30. The Morgan fingerprint density at radius 3 is 2.57 bits per heavy atom. The molecule has 0 saturated carbocycles. The molecule has 21 heavy (non-hydrogen) atoms. The maximum atomic E-state index is 12.9. The molecule has 2 rings (SSSR count). The first-order valence-electron chi connectivity index (χ1n) is 5.58. The number of carbonyl (C=O) groups excluding carboxylic acids is 2. The predicted molar refractivity (Wildman–Crippen MR) is 64.8 cm³/mol. The standard InChI is InChI=1S/C11H9F3N2O4S/c1-10(11(12,13)14)8(19)16(9(20)15-10)4-5-2-3-21-6(5)7(17)18/h2-3H,4H2,1H3,(H,15,20)(H,17,18). The molecule has 1 aliphatic rings. The van der Waals surface area contributed by atoms with Crippen molar-refractivity contribution < 1.29 is 32.7 Å². The fraction of sp³-hybridized carbons (Fsp3) is 0.364. The Morgan fingerprint density at radius 1 is 1.48 bits per heavy atom. The highest BCUT2D eigenvalue weighted by Gasteiger charge is 2.64. The maximum Gasteiger partial charge on any atom is 0.420 e. The molecule has 1 saturated heterocycles.